The average Bonchev–Trinajstić information content (AvgIpc) is 3.08. The van der Waals surface area contributed by atoms with Crippen LogP contribution in [0.25, 0.3) is 0 Å². The fourth-order valence-corrected chi connectivity index (χ4v) is 3.12. The fraction of sp³-hybridized carbons (Fsp3) is 0.353. The average molecular weight is 333 g/mol. The number of benzene rings is 1. The topological polar surface area (TPSA) is 64.6 Å². The molecule has 124 valence electrons. The normalized spacial score (nSPS) is 11.8. The molecule has 0 unspecified atom stereocenters. The van der Waals surface area contributed by atoms with Gasteiger partial charge in [0.2, 0.25) is 0 Å². The first-order chi connectivity index (χ1) is 11.2. The molecule has 3 N–H and O–H groups in total. The van der Waals surface area contributed by atoms with Crippen molar-refractivity contribution in [2.24, 2.45) is 0 Å². The molecular formula is C17H23N3O2S. The van der Waals surface area contributed by atoms with Gasteiger partial charge in [0.25, 0.3) is 0 Å². The maximum atomic E-state index is 12.3. The third-order valence-electron chi connectivity index (χ3n) is 3.65. The highest BCUT2D eigenvalue weighted by molar-refractivity contribution is 7.10. The molecule has 1 aromatic carbocycles. The van der Waals surface area contributed by atoms with Crippen LogP contribution in [0, 0.1) is 0 Å². The Hall–Kier alpha value is -2.05. The van der Waals surface area contributed by atoms with Gasteiger partial charge in [-0.25, -0.2) is 4.79 Å². The Kier molecular flexibility index (Phi) is 6.43. The fourth-order valence-electron chi connectivity index (χ4n) is 2.30. The van der Waals surface area contributed by atoms with Gasteiger partial charge in [-0.15, -0.1) is 11.3 Å². The number of amides is 2. The zero-order valence-corrected chi connectivity index (χ0v) is 14.3. The molecule has 6 heteroatoms. The van der Waals surface area contributed by atoms with E-state index in [0.29, 0.717) is 6.42 Å². The van der Waals surface area contributed by atoms with Gasteiger partial charge in [-0.3, -0.25) is 0 Å². The molecule has 1 aromatic heterocycles. The molecule has 0 aliphatic rings. The summed E-state index contributed by atoms with van der Waals surface area (Å²) in [6, 6.07) is 11.2. The van der Waals surface area contributed by atoms with E-state index in [2.05, 4.69) is 22.5 Å². The molecular weight excluding hydrogens is 310 g/mol. The number of aliphatic hydroxyl groups is 1. The number of hydrogen-bond donors (Lipinski definition) is 3. The number of carbonyl (C=O) groups is 1. The van der Waals surface area contributed by atoms with Gasteiger partial charge in [0.1, 0.15) is 0 Å². The Morgan fingerprint density at radius 3 is 2.74 bits per heavy atom. The van der Waals surface area contributed by atoms with E-state index in [9.17, 15) is 9.90 Å². The Morgan fingerprint density at radius 2 is 2.09 bits per heavy atom. The maximum Gasteiger partial charge on any atom is 0.319 e. The van der Waals surface area contributed by atoms with E-state index in [-0.39, 0.29) is 18.7 Å². The number of anilines is 2. The summed E-state index contributed by atoms with van der Waals surface area (Å²) in [5.74, 6) is 0. The largest absolute Gasteiger partial charge is 0.396 e. The van der Waals surface area contributed by atoms with Gasteiger partial charge in [0.05, 0.1) is 17.4 Å². The van der Waals surface area contributed by atoms with Crippen molar-refractivity contribution in [2.75, 3.05) is 30.4 Å². The van der Waals surface area contributed by atoms with E-state index in [1.165, 1.54) is 0 Å². The smallest absolute Gasteiger partial charge is 0.319 e. The lowest BCUT2D eigenvalue weighted by Crippen LogP contribution is -2.33. The molecule has 2 amide bonds. The molecule has 0 aliphatic carbocycles. The summed E-state index contributed by atoms with van der Waals surface area (Å²) in [5, 5.41) is 17.0. The van der Waals surface area contributed by atoms with Crippen LogP contribution < -0.4 is 15.5 Å². The van der Waals surface area contributed by atoms with Crippen molar-refractivity contribution in [3.63, 3.8) is 0 Å². The molecule has 0 spiro atoms. The third kappa shape index (κ3) is 4.71. The number of para-hydroxylation sites is 2. The molecule has 1 atom stereocenters. The van der Waals surface area contributed by atoms with Crippen LogP contribution >= 0.6 is 11.3 Å². The van der Waals surface area contributed by atoms with E-state index in [4.69, 9.17) is 0 Å². The summed E-state index contributed by atoms with van der Waals surface area (Å²) in [6.07, 6.45) is 0.491. The molecule has 2 rings (SSSR count). The Bertz CT molecular complexity index is 616. The Labute approximate surface area is 140 Å². The molecule has 2 aromatic rings. The second kappa shape index (κ2) is 8.55. The molecule has 0 saturated heterocycles. The summed E-state index contributed by atoms with van der Waals surface area (Å²) in [4.78, 5) is 15.4. The molecule has 0 saturated carbocycles. The summed E-state index contributed by atoms with van der Waals surface area (Å²) in [5.41, 5.74) is 1.74. The maximum absolute atomic E-state index is 12.3. The summed E-state index contributed by atoms with van der Waals surface area (Å²) in [6.45, 7) is 2.94. The monoisotopic (exact) mass is 333 g/mol. The van der Waals surface area contributed by atoms with Gasteiger partial charge in [-0.05, 0) is 36.9 Å². The highest BCUT2D eigenvalue weighted by Crippen LogP contribution is 2.25. The summed E-state index contributed by atoms with van der Waals surface area (Å²) < 4.78 is 0. The van der Waals surface area contributed by atoms with E-state index < -0.39 is 0 Å². The summed E-state index contributed by atoms with van der Waals surface area (Å²) >= 11 is 1.57. The standard InChI is InChI=1S/C17H23N3O2S/c1-3-20(2)15-8-5-4-7-13(15)18-17(22)19-14(10-11-21)16-9-6-12-23-16/h4-9,12,14,21H,3,10-11H2,1-2H3,(H2,18,19,22)/t14-/m0/s1. The lowest BCUT2D eigenvalue weighted by Gasteiger charge is -2.22. The van der Waals surface area contributed by atoms with E-state index in [1.807, 2.05) is 48.8 Å². The van der Waals surface area contributed by atoms with Crippen LogP contribution in [-0.2, 0) is 0 Å². The minimum absolute atomic E-state index is 0.0258. The van der Waals surface area contributed by atoms with Crippen molar-refractivity contribution in [2.45, 2.75) is 19.4 Å². The van der Waals surface area contributed by atoms with Crippen LogP contribution in [0.3, 0.4) is 0 Å². The number of aliphatic hydroxyl groups excluding tert-OH is 1. The first-order valence-corrected chi connectivity index (χ1v) is 8.55. The molecule has 23 heavy (non-hydrogen) atoms. The van der Waals surface area contributed by atoms with Gasteiger partial charge in [0, 0.05) is 25.1 Å². The number of rotatable bonds is 7. The van der Waals surface area contributed by atoms with E-state index >= 15 is 0 Å². The molecule has 1 heterocycles. The van der Waals surface area contributed by atoms with Crippen LogP contribution in [0.4, 0.5) is 16.2 Å². The molecule has 0 radical (unpaired) electrons. The van der Waals surface area contributed by atoms with Crippen LogP contribution in [-0.4, -0.2) is 31.3 Å². The van der Waals surface area contributed by atoms with Crippen molar-refractivity contribution in [3.05, 3.63) is 46.7 Å². The number of carbonyl (C=O) groups excluding carboxylic acids is 1. The number of nitrogens with one attached hydrogen (secondary N) is 2. The molecule has 0 bridgehead atoms. The minimum atomic E-state index is -0.270. The van der Waals surface area contributed by atoms with Crippen molar-refractivity contribution in [3.8, 4) is 0 Å². The first-order valence-electron chi connectivity index (χ1n) is 7.67. The molecule has 5 nitrogen and oxygen atoms in total. The second-order valence-corrected chi connectivity index (χ2v) is 6.19. The Balaban J connectivity index is 2.07. The SMILES string of the molecule is CCN(C)c1ccccc1NC(=O)N[C@@H](CCO)c1cccs1. The quantitative estimate of drug-likeness (QED) is 0.727. The Morgan fingerprint density at radius 1 is 1.30 bits per heavy atom. The second-order valence-electron chi connectivity index (χ2n) is 5.21. The third-order valence-corrected chi connectivity index (χ3v) is 4.63. The summed E-state index contributed by atoms with van der Waals surface area (Å²) in [7, 11) is 1.98. The molecule has 0 aliphatic heterocycles. The van der Waals surface area contributed by atoms with Crippen molar-refractivity contribution in [1.29, 1.82) is 0 Å². The zero-order valence-electron chi connectivity index (χ0n) is 13.5. The zero-order chi connectivity index (χ0) is 16.7. The highest BCUT2D eigenvalue weighted by atomic mass is 32.1. The van der Waals surface area contributed by atoms with Crippen molar-refractivity contribution < 1.29 is 9.90 Å². The number of nitrogens with zero attached hydrogens (tertiary/aromatic N) is 1. The highest BCUT2D eigenvalue weighted by Gasteiger charge is 2.16. The van der Waals surface area contributed by atoms with Crippen LogP contribution in [0.1, 0.15) is 24.3 Å². The number of urea groups is 1. The van der Waals surface area contributed by atoms with Crippen molar-refractivity contribution >= 4 is 28.7 Å². The predicted octanol–water partition coefficient (Wildman–Crippen LogP) is 3.45. The lowest BCUT2D eigenvalue weighted by atomic mass is 10.2. The molecule has 0 fully saturated rings. The predicted molar refractivity (Wildman–Crippen MR) is 96.3 cm³/mol. The van der Waals surface area contributed by atoms with Crippen LogP contribution in [0.5, 0.6) is 0 Å². The van der Waals surface area contributed by atoms with Gasteiger partial charge < -0.3 is 20.6 Å². The van der Waals surface area contributed by atoms with Crippen molar-refractivity contribution in [1.82, 2.24) is 5.32 Å². The van der Waals surface area contributed by atoms with Crippen LogP contribution in [0.2, 0.25) is 0 Å². The number of hydrogen-bond acceptors (Lipinski definition) is 4. The van der Waals surface area contributed by atoms with Gasteiger partial charge in [-0.1, -0.05) is 18.2 Å². The van der Waals surface area contributed by atoms with E-state index in [0.717, 1.165) is 22.8 Å². The number of thiophene rings is 1. The lowest BCUT2D eigenvalue weighted by molar-refractivity contribution is 0.239. The van der Waals surface area contributed by atoms with Gasteiger partial charge in [0.15, 0.2) is 0 Å². The van der Waals surface area contributed by atoms with Gasteiger partial charge >= 0.3 is 6.03 Å². The first kappa shape index (κ1) is 17.3. The minimum Gasteiger partial charge on any atom is -0.396 e. The van der Waals surface area contributed by atoms with Gasteiger partial charge in [-0.2, -0.15) is 0 Å². The van der Waals surface area contributed by atoms with E-state index in [1.54, 1.807) is 11.3 Å². The van der Waals surface area contributed by atoms with Crippen LogP contribution in [0.15, 0.2) is 41.8 Å².